The Morgan fingerprint density at radius 2 is 2.12 bits per heavy atom. The molecule has 0 saturated heterocycles. The largest absolute Gasteiger partial charge is 0.497 e. The number of nitro groups is 1. The number of rotatable bonds is 6. The van der Waals surface area contributed by atoms with Gasteiger partial charge < -0.3 is 14.6 Å². The number of anilines is 1. The molecule has 0 spiro atoms. The zero-order valence-corrected chi connectivity index (χ0v) is 15.0. The van der Waals surface area contributed by atoms with E-state index < -0.39 is 4.92 Å². The number of benzene rings is 2. The predicted octanol–water partition coefficient (Wildman–Crippen LogP) is 4.19. The van der Waals surface area contributed by atoms with Gasteiger partial charge >= 0.3 is 0 Å². The SMILES string of the molecule is COc1cccc([C@@H](Nc2ccc([N+](=O)[O-])cc2Cl)c2nccn2C)c1. The fraction of sp³-hybridized carbons (Fsp3) is 0.167. The molecule has 0 aliphatic heterocycles. The third kappa shape index (κ3) is 3.62. The molecule has 1 atom stereocenters. The molecule has 26 heavy (non-hydrogen) atoms. The second-order valence-corrected chi connectivity index (χ2v) is 6.08. The Kier molecular flexibility index (Phi) is 5.09. The monoisotopic (exact) mass is 372 g/mol. The zero-order chi connectivity index (χ0) is 18.7. The van der Waals surface area contributed by atoms with Crippen LogP contribution in [0.3, 0.4) is 0 Å². The van der Waals surface area contributed by atoms with E-state index in [0.29, 0.717) is 5.69 Å². The van der Waals surface area contributed by atoms with Crippen molar-refractivity contribution in [2.45, 2.75) is 6.04 Å². The number of aryl methyl sites for hydroxylation is 1. The number of methoxy groups -OCH3 is 1. The quantitative estimate of drug-likeness (QED) is 0.518. The van der Waals surface area contributed by atoms with Crippen molar-refractivity contribution in [2.24, 2.45) is 7.05 Å². The molecule has 0 saturated carbocycles. The minimum atomic E-state index is -0.478. The Hall–Kier alpha value is -3.06. The van der Waals surface area contributed by atoms with Gasteiger partial charge in [0.25, 0.3) is 5.69 Å². The van der Waals surface area contributed by atoms with Crippen LogP contribution in [-0.4, -0.2) is 21.6 Å². The first-order valence-electron chi connectivity index (χ1n) is 7.81. The minimum absolute atomic E-state index is 0.0597. The maximum Gasteiger partial charge on any atom is 0.271 e. The molecule has 0 aliphatic rings. The van der Waals surface area contributed by atoms with E-state index in [4.69, 9.17) is 16.3 Å². The van der Waals surface area contributed by atoms with Gasteiger partial charge in [0.15, 0.2) is 0 Å². The topological polar surface area (TPSA) is 82.2 Å². The lowest BCUT2D eigenvalue weighted by atomic mass is 10.0. The summed E-state index contributed by atoms with van der Waals surface area (Å²) in [6, 6.07) is 11.6. The van der Waals surface area contributed by atoms with Crippen LogP contribution < -0.4 is 10.1 Å². The highest BCUT2D eigenvalue weighted by atomic mass is 35.5. The van der Waals surface area contributed by atoms with Gasteiger partial charge in [-0.1, -0.05) is 23.7 Å². The number of aromatic nitrogens is 2. The molecule has 1 aromatic heterocycles. The molecule has 3 aromatic rings. The molecule has 1 heterocycles. The molecule has 0 bridgehead atoms. The number of hydrogen-bond donors (Lipinski definition) is 1. The number of nitro benzene ring substituents is 1. The summed E-state index contributed by atoms with van der Waals surface area (Å²) in [7, 11) is 3.50. The normalized spacial score (nSPS) is 11.8. The standard InChI is InChI=1S/C18H17ClN4O3/c1-22-9-8-20-18(22)17(12-4-3-5-14(10-12)26-2)21-16-7-6-13(23(24)25)11-15(16)19/h3-11,17,21H,1-2H3/t17-/m1/s1. The summed E-state index contributed by atoms with van der Waals surface area (Å²) in [5.74, 6) is 1.49. The van der Waals surface area contributed by atoms with Crippen molar-refractivity contribution in [1.29, 1.82) is 0 Å². The van der Waals surface area contributed by atoms with Crippen molar-refractivity contribution < 1.29 is 9.66 Å². The number of halogens is 1. The van der Waals surface area contributed by atoms with Crippen LogP contribution in [0.5, 0.6) is 5.75 Å². The summed E-state index contributed by atoms with van der Waals surface area (Å²) in [6.45, 7) is 0. The Morgan fingerprint density at radius 3 is 2.73 bits per heavy atom. The molecule has 3 rings (SSSR count). The first kappa shape index (κ1) is 17.8. The molecule has 2 aromatic carbocycles. The van der Waals surface area contributed by atoms with Crippen molar-refractivity contribution in [1.82, 2.24) is 9.55 Å². The van der Waals surface area contributed by atoms with E-state index in [0.717, 1.165) is 17.1 Å². The molecule has 7 nitrogen and oxygen atoms in total. The highest BCUT2D eigenvalue weighted by Crippen LogP contribution is 2.33. The first-order chi connectivity index (χ1) is 12.5. The smallest absolute Gasteiger partial charge is 0.271 e. The van der Waals surface area contributed by atoms with Gasteiger partial charge in [-0.3, -0.25) is 10.1 Å². The number of ether oxygens (including phenoxy) is 1. The number of nitrogens with zero attached hydrogens (tertiary/aromatic N) is 3. The third-order valence-corrected chi connectivity index (χ3v) is 4.32. The lowest BCUT2D eigenvalue weighted by Crippen LogP contribution is -2.17. The number of non-ortho nitro benzene ring substituents is 1. The lowest BCUT2D eigenvalue weighted by molar-refractivity contribution is -0.384. The Bertz CT molecular complexity index is 942. The van der Waals surface area contributed by atoms with Gasteiger partial charge in [-0.15, -0.1) is 0 Å². The second kappa shape index (κ2) is 7.45. The number of imidazole rings is 1. The summed E-state index contributed by atoms with van der Waals surface area (Å²) < 4.78 is 7.21. The fourth-order valence-corrected chi connectivity index (χ4v) is 2.89. The zero-order valence-electron chi connectivity index (χ0n) is 14.2. The number of hydrogen-bond acceptors (Lipinski definition) is 5. The molecule has 1 N–H and O–H groups in total. The van der Waals surface area contributed by atoms with Gasteiger partial charge in [0.2, 0.25) is 0 Å². The van der Waals surface area contributed by atoms with Crippen molar-refractivity contribution in [3.05, 3.63) is 81.4 Å². The van der Waals surface area contributed by atoms with E-state index in [9.17, 15) is 10.1 Å². The van der Waals surface area contributed by atoms with Crippen molar-refractivity contribution in [3.8, 4) is 5.75 Å². The molecule has 0 aliphatic carbocycles. The van der Waals surface area contributed by atoms with E-state index in [1.807, 2.05) is 42.1 Å². The van der Waals surface area contributed by atoms with E-state index in [1.165, 1.54) is 12.1 Å². The summed E-state index contributed by atoms with van der Waals surface area (Å²) in [5, 5.41) is 14.5. The van der Waals surface area contributed by atoms with Gasteiger partial charge in [-0.25, -0.2) is 4.98 Å². The molecule has 0 amide bonds. The maximum atomic E-state index is 10.9. The average molecular weight is 373 g/mol. The predicted molar refractivity (Wildman–Crippen MR) is 99.8 cm³/mol. The summed E-state index contributed by atoms with van der Waals surface area (Å²) in [4.78, 5) is 14.9. The Labute approximate surface area is 155 Å². The number of nitrogens with one attached hydrogen (secondary N) is 1. The highest BCUT2D eigenvalue weighted by Gasteiger charge is 2.21. The van der Waals surface area contributed by atoms with Gasteiger partial charge in [-0.2, -0.15) is 0 Å². The van der Waals surface area contributed by atoms with Crippen LogP contribution in [0.25, 0.3) is 0 Å². The molecule has 0 radical (unpaired) electrons. The highest BCUT2D eigenvalue weighted by molar-refractivity contribution is 6.33. The van der Waals surface area contributed by atoms with Crippen LogP contribution >= 0.6 is 11.6 Å². The molecular formula is C18H17ClN4O3. The summed E-state index contributed by atoms with van der Waals surface area (Å²) in [5.41, 5.74) is 1.44. The average Bonchev–Trinajstić information content (AvgIpc) is 3.06. The van der Waals surface area contributed by atoms with Crippen LogP contribution in [-0.2, 0) is 7.05 Å². The first-order valence-corrected chi connectivity index (χ1v) is 8.19. The van der Waals surface area contributed by atoms with Crippen LogP contribution in [0.15, 0.2) is 54.9 Å². The minimum Gasteiger partial charge on any atom is -0.497 e. The molecule has 8 heteroatoms. The van der Waals surface area contributed by atoms with E-state index in [2.05, 4.69) is 10.3 Å². The summed E-state index contributed by atoms with van der Waals surface area (Å²) >= 11 is 6.25. The van der Waals surface area contributed by atoms with E-state index in [-0.39, 0.29) is 16.8 Å². The molecular weight excluding hydrogens is 356 g/mol. The van der Waals surface area contributed by atoms with Gasteiger partial charge in [-0.05, 0) is 23.8 Å². The molecule has 0 fully saturated rings. The van der Waals surface area contributed by atoms with Crippen LogP contribution in [0.1, 0.15) is 17.4 Å². The van der Waals surface area contributed by atoms with E-state index >= 15 is 0 Å². The van der Waals surface area contributed by atoms with Gasteiger partial charge in [0, 0.05) is 31.6 Å². The third-order valence-electron chi connectivity index (χ3n) is 4.01. The fourth-order valence-electron chi connectivity index (χ4n) is 2.66. The van der Waals surface area contributed by atoms with E-state index in [1.54, 1.807) is 19.4 Å². The van der Waals surface area contributed by atoms with Crippen molar-refractivity contribution >= 4 is 23.0 Å². The molecule has 134 valence electrons. The van der Waals surface area contributed by atoms with Crippen molar-refractivity contribution in [3.63, 3.8) is 0 Å². The molecule has 0 unspecified atom stereocenters. The van der Waals surface area contributed by atoms with Crippen LogP contribution in [0, 0.1) is 10.1 Å². The summed E-state index contributed by atoms with van der Waals surface area (Å²) in [6.07, 6.45) is 3.56. The lowest BCUT2D eigenvalue weighted by Gasteiger charge is -2.21. The Balaban J connectivity index is 2.02. The van der Waals surface area contributed by atoms with Crippen LogP contribution in [0.2, 0.25) is 5.02 Å². The van der Waals surface area contributed by atoms with Gasteiger partial charge in [0.1, 0.15) is 17.6 Å². The van der Waals surface area contributed by atoms with Crippen molar-refractivity contribution in [2.75, 3.05) is 12.4 Å². The maximum absolute atomic E-state index is 10.9. The van der Waals surface area contributed by atoms with Crippen LogP contribution in [0.4, 0.5) is 11.4 Å². The van der Waals surface area contributed by atoms with Gasteiger partial charge in [0.05, 0.1) is 22.7 Å². The Morgan fingerprint density at radius 1 is 1.31 bits per heavy atom. The second-order valence-electron chi connectivity index (χ2n) is 5.67.